The normalized spacial score (nSPS) is 17.1. The molecular formula is C29H30ClF2N3O3S. The molecule has 6 nitrogen and oxygen atoms in total. The van der Waals surface area contributed by atoms with E-state index < -0.39 is 11.6 Å². The number of ether oxygens (including phenoxy) is 1. The van der Waals surface area contributed by atoms with Gasteiger partial charge in [0.25, 0.3) is 5.91 Å². The highest BCUT2D eigenvalue weighted by atomic mass is 35.5. The summed E-state index contributed by atoms with van der Waals surface area (Å²) in [6, 6.07) is 12.3. The molecule has 5 rings (SSSR count). The van der Waals surface area contributed by atoms with Crippen molar-refractivity contribution in [3.63, 3.8) is 0 Å². The average molecular weight is 574 g/mol. The zero-order chi connectivity index (χ0) is 26.8. The molecule has 0 aliphatic heterocycles. The Kier molecular flexibility index (Phi) is 9.17. The van der Waals surface area contributed by atoms with Crippen LogP contribution in [0.15, 0.2) is 54.9 Å². The van der Waals surface area contributed by atoms with Gasteiger partial charge in [-0.3, -0.25) is 4.79 Å². The molecule has 2 aromatic heterocycles. The molecule has 10 heteroatoms. The molecule has 0 unspecified atom stereocenters. The minimum absolute atomic E-state index is 0. The number of aromatic nitrogens is 1. The third kappa shape index (κ3) is 5.77. The van der Waals surface area contributed by atoms with Crippen LogP contribution in [0.3, 0.4) is 0 Å². The minimum atomic E-state index is -0.641. The van der Waals surface area contributed by atoms with Gasteiger partial charge < -0.3 is 20.4 Å². The molecule has 0 spiro atoms. The largest absolute Gasteiger partial charge is 0.870 e. The second-order valence-electron chi connectivity index (χ2n) is 9.52. The third-order valence-electron chi connectivity index (χ3n) is 7.36. The van der Waals surface area contributed by atoms with Gasteiger partial charge in [0.15, 0.2) is 12.4 Å². The van der Waals surface area contributed by atoms with Crippen molar-refractivity contribution >= 4 is 38.9 Å². The van der Waals surface area contributed by atoms with Crippen molar-refractivity contribution in [2.75, 3.05) is 14.2 Å². The zero-order valence-electron chi connectivity index (χ0n) is 21.6. The molecule has 0 atom stereocenters. The number of nitrogens with one attached hydrogen (secondary N) is 2. The summed E-state index contributed by atoms with van der Waals surface area (Å²) in [5.74, 6) is -0.901. The second-order valence-corrected chi connectivity index (χ2v) is 10.9. The van der Waals surface area contributed by atoms with Crippen LogP contribution in [-0.4, -0.2) is 42.5 Å². The first-order chi connectivity index (χ1) is 18.4. The molecule has 3 N–H and O–H groups in total. The highest BCUT2D eigenvalue weighted by Crippen LogP contribution is 2.40. The van der Waals surface area contributed by atoms with E-state index in [9.17, 15) is 13.6 Å². The van der Waals surface area contributed by atoms with Gasteiger partial charge in [-0.15, -0.1) is 11.3 Å². The molecule has 39 heavy (non-hydrogen) atoms. The van der Waals surface area contributed by atoms with Crippen molar-refractivity contribution in [2.24, 2.45) is 0 Å². The van der Waals surface area contributed by atoms with E-state index in [1.807, 2.05) is 49.8 Å². The van der Waals surface area contributed by atoms with Gasteiger partial charge in [0.1, 0.15) is 22.3 Å². The van der Waals surface area contributed by atoms with E-state index in [2.05, 4.69) is 10.3 Å². The number of amides is 1. The number of benzene rings is 2. The van der Waals surface area contributed by atoms with Gasteiger partial charge in [-0.05, 0) is 68.1 Å². The van der Waals surface area contributed by atoms with Crippen molar-refractivity contribution in [3.05, 3.63) is 82.0 Å². The first kappa shape index (κ1) is 28.9. The molecule has 4 aromatic rings. The van der Waals surface area contributed by atoms with E-state index in [0.717, 1.165) is 65.8 Å². The van der Waals surface area contributed by atoms with Crippen molar-refractivity contribution in [1.29, 1.82) is 0 Å². The molecule has 2 heterocycles. The van der Waals surface area contributed by atoms with Crippen LogP contribution in [-0.2, 0) is 6.54 Å². The highest BCUT2D eigenvalue weighted by Gasteiger charge is 2.33. The maximum Gasteiger partial charge on any atom is 0.266 e. The number of aromatic amines is 1. The van der Waals surface area contributed by atoms with E-state index in [-0.39, 0.29) is 44.0 Å². The summed E-state index contributed by atoms with van der Waals surface area (Å²) in [4.78, 5) is 19.1. The number of hydrogen-bond acceptors (Lipinski definition) is 5. The lowest BCUT2D eigenvalue weighted by molar-refractivity contribution is -0.377. The fraction of sp³-hybridized carbons (Fsp3) is 0.310. The van der Waals surface area contributed by atoms with Gasteiger partial charge in [-0.25, -0.2) is 13.8 Å². The number of carbonyl (C=O) groups is 1. The molecule has 0 saturated heterocycles. The maximum atomic E-state index is 14.6. The maximum absolute atomic E-state index is 14.6. The lowest BCUT2D eigenvalue weighted by Crippen LogP contribution is -2.44. The van der Waals surface area contributed by atoms with Crippen LogP contribution in [0.5, 0.6) is 5.75 Å². The monoisotopic (exact) mass is 573 g/mol. The summed E-state index contributed by atoms with van der Waals surface area (Å²) in [5, 5.41) is 3.25. The topological polar surface area (TPSA) is 85.7 Å². The van der Waals surface area contributed by atoms with Crippen LogP contribution in [0.25, 0.3) is 21.2 Å². The Balaban J connectivity index is 0.00000353. The number of H-pyrrole nitrogens is 1. The summed E-state index contributed by atoms with van der Waals surface area (Å²) >= 11 is 7.45. The second kappa shape index (κ2) is 12.4. The number of thiophene rings is 1. The SMILES string of the molecule is CNC1CCC(N(Cc2cc(-c3cc[nH+]cc3)ccc2OC)C(=O)c2sc3c(F)ccc(F)c3c2Cl)CC1.[OH-]. The summed E-state index contributed by atoms with van der Waals surface area (Å²) in [6.45, 7) is 0.277. The molecule has 1 saturated carbocycles. The van der Waals surface area contributed by atoms with Crippen LogP contribution in [0.2, 0.25) is 5.02 Å². The fourth-order valence-electron chi connectivity index (χ4n) is 5.25. The smallest absolute Gasteiger partial charge is 0.266 e. The van der Waals surface area contributed by atoms with Crippen LogP contribution in [0, 0.1) is 11.6 Å². The number of methoxy groups -OCH3 is 1. The number of hydrogen-bond donors (Lipinski definition) is 1. The van der Waals surface area contributed by atoms with Crippen molar-refractivity contribution in [2.45, 2.75) is 44.3 Å². The van der Waals surface area contributed by atoms with Crippen LogP contribution in [0.1, 0.15) is 40.9 Å². The Morgan fingerprint density at radius 1 is 1.08 bits per heavy atom. The number of fused-ring (bicyclic) bond motifs is 1. The fourth-order valence-corrected chi connectivity index (χ4v) is 6.76. The quantitative estimate of drug-likeness (QED) is 0.280. The molecule has 0 radical (unpaired) electrons. The van der Waals surface area contributed by atoms with E-state index in [4.69, 9.17) is 16.3 Å². The number of rotatable bonds is 7. The molecule has 1 aliphatic rings. The van der Waals surface area contributed by atoms with E-state index >= 15 is 0 Å². The lowest BCUT2D eigenvalue weighted by atomic mass is 9.89. The van der Waals surface area contributed by atoms with Gasteiger partial charge in [0, 0.05) is 36.3 Å². The standard InChI is InChI=1S/C29H28ClF2N3O2S.H2O/c1-33-20-4-6-21(7-5-20)35(29(36)28-26(30)25-22(31)8-9-23(32)27(25)38-28)16-19-15-18(3-10-24(19)37-2)17-11-13-34-14-12-17;/h3,8-15,20-21,33H,4-7,16H2,1-2H3;1H2. The molecular weight excluding hydrogens is 544 g/mol. The van der Waals surface area contributed by atoms with Gasteiger partial charge >= 0.3 is 0 Å². The third-order valence-corrected chi connectivity index (χ3v) is 9.03. The van der Waals surface area contributed by atoms with Crippen molar-refractivity contribution in [1.82, 2.24) is 10.2 Å². The Morgan fingerprint density at radius 3 is 2.41 bits per heavy atom. The van der Waals surface area contributed by atoms with Gasteiger partial charge in [0.05, 0.1) is 22.2 Å². The predicted molar refractivity (Wildman–Crippen MR) is 149 cm³/mol. The van der Waals surface area contributed by atoms with Crippen LogP contribution < -0.4 is 15.0 Å². The predicted octanol–water partition coefficient (Wildman–Crippen LogP) is 6.32. The highest BCUT2D eigenvalue weighted by molar-refractivity contribution is 7.21. The molecule has 1 amide bonds. The number of carbonyl (C=O) groups excluding carboxylic acids is 1. The Bertz CT molecular complexity index is 1460. The Hall–Kier alpha value is -3.11. The van der Waals surface area contributed by atoms with Crippen molar-refractivity contribution in [3.8, 4) is 16.9 Å². The first-order valence-electron chi connectivity index (χ1n) is 12.6. The zero-order valence-corrected chi connectivity index (χ0v) is 23.2. The first-order valence-corrected chi connectivity index (χ1v) is 13.8. The molecule has 1 fully saturated rings. The number of halogens is 3. The number of pyridine rings is 1. The summed E-state index contributed by atoms with van der Waals surface area (Å²) < 4.78 is 34.9. The van der Waals surface area contributed by atoms with E-state index in [0.29, 0.717) is 11.8 Å². The Labute approximate surface area is 234 Å². The minimum Gasteiger partial charge on any atom is -0.870 e. The molecule has 206 valence electrons. The average Bonchev–Trinajstić information content (AvgIpc) is 3.32. The van der Waals surface area contributed by atoms with E-state index in [1.165, 1.54) is 0 Å². The van der Waals surface area contributed by atoms with Gasteiger partial charge in [-0.2, -0.15) is 0 Å². The van der Waals surface area contributed by atoms with Crippen LogP contribution >= 0.6 is 22.9 Å². The Morgan fingerprint density at radius 2 is 1.77 bits per heavy atom. The van der Waals surface area contributed by atoms with Crippen molar-refractivity contribution < 1.29 is 28.8 Å². The molecule has 0 bridgehead atoms. The van der Waals surface area contributed by atoms with Gasteiger partial charge in [-0.1, -0.05) is 17.7 Å². The summed E-state index contributed by atoms with van der Waals surface area (Å²) in [7, 11) is 3.56. The molecule has 1 aliphatic carbocycles. The lowest BCUT2D eigenvalue weighted by Gasteiger charge is -2.37. The van der Waals surface area contributed by atoms with E-state index in [1.54, 1.807) is 12.0 Å². The van der Waals surface area contributed by atoms with Gasteiger partial charge in [0.2, 0.25) is 0 Å². The summed E-state index contributed by atoms with van der Waals surface area (Å²) in [6.07, 6.45) is 7.17. The summed E-state index contributed by atoms with van der Waals surface area (Å²) in [5.41, 5.74) is 2.86. The van der Waals surface area contributed by atoms with Crippen LogP contribution in [0.4, 0.5) is 8.78 Å². The molecule has 2 aromatic carbocycles. The number of nitrogens with zero attached hydrogens (tertiary/aromatic N) is 1.